The van der Waals surface area contributed by atoms with Crippen molar-refractivity contribution in [3.8, 4) is 11.4 Å². The number of nitrogens with one attached hydrogen (secondary N) is 1. The van der Waals surface area contributed by atoms with Crippen LogP contribution < -0.4 is 10.1 Å². The van der Waals surface area contributed by atoms with Gasteiger partial charge in [0.1, 0.15) is 5.75 Å². The van der Waals surface area contributed by atoms with Crippen LogP contribution in [0.25, 0.3) is 5.69 Å². The van der Waals surface area contributed by atoms with E-state index in [1.54, 1.807) is 4.68 Å². The Bertz CT molecular complexity index is 804. The highest BCUT2D eigenvalue weighted by molar-refractivity contribution is 6.32. The van der Waals surface area contributed by atoms with Crippen molar-refractivity contribution in [1.29, 1.82) is 0 Å². The van der Waals surface area contributed by atoms with Crippen LogP contribution >= 0.6 is 11.6 Å². The fourth-order valence-electron chi connectivity index (χ4n) is 2.23. The van der Waals surface area contributed by atoms with Gasteiger partial charge in [-0.1, -0.05) is 29.8 Å². The Hall–Kier alpha value is -2.60. The van der Waals surface area contributed by atoms with Gasteiger partial charge in [0.25, 0.3) is 0 Å². The monoisotopic (exact) mass is 343 g/mol. The van der Waals surface area contributed by atoms with Crippen LogP contribution in [0, 0.1) is 0 Å². The molecule has 0 unspecified atom stereocenters. The summed E-state index contributed by atoms with van der Waals surface area (Å²) in [5, 5.41) is 15.7. The molecule has 3 rings (SSSR count). The van der Waals surface area contributed by atoms with Gasteiger partial charge in [-0.2, -0.15) is 4.68 Å². The molecule has 0 aliphatic rings. The van der Waals surface area contributed by atoms with Crippen LogP contribution in [0.2, 0.25) is 5.02 Å². The van der Waals surface area contributed by atoms with E-state index >= 15 is 0 Å². The van der Waals surface area contributed by atoms with Crippen LogP contribution in [0.15, 0.2) is 48.5 Å². The van der Waals surface area contributed by atoms with E-state index < -0.39 is 0 Å². The zero-order chi connectivity index (χ0) is 16.9. The highest BCUT2D eigenvalue weighted by Crippen LogP contribution is 2.28. The molecule has 0 amide bonds. The van der Waals surface area contributed by atoms with Crippen LogP contribution in [0.3, 0.4) is 0 Å². The van der Waals surface area contributed by atoms with Crippen LogP contribution in [0.5, 0.6) is 5.75 Å². The molecular formula is C17H18ClN5O. The maximum absolute atomic E-state index is 6.25. The summed E-state index contributed by atoms with van der Waals surface area (Å²) >= 11 is 6.25. The molecule has 0 aliphatic carbocycles. The van der Waals surface area contributed by atoms with Crippen molar-refractivity contribution in [2.75, 3.05) is 5.32 Å². The van der Waals surface area contributed by atoms with Gasteiger partial charge >= 0.3 is 0 Å². The summed E-state index contributed by atoms with van der Waals surface area (Å²) in [5.41, 5.74) is 1.79. The first-order chi connectivity index (χ1) is 11.6. The highest BCUT2D eigenvalue weighted by atomic mass is 35.5. The van der Waals surface area contributed by atoms with Crippen molar-refractivity contribution in [2.45, 2.75) is 26.5 Å². The molecule has 0 bridgehead atoms. The Morgan fingerprint density at radius 3 is 2.67 bits per heavy atom. The molecule has 24 heavy (non-hydrogen) atoms. The third kappa shape index (κ3) is 3.83. The molecule has 1 N–H and O–H groups in total. The smallest absolute Gasteiger partial charge is 0.175 e. The van der Waals surface area contributed by atoms with Crippen molar-refractivity contribution in [2.24, 2.45) is 0 Å². The summed E-state index contributed by atoms with van der Waals surface area (Å²) in [6.45, 7) is 4.40. The molecule has 7 heteroatoms. The number of benzene rings is 2. The number of hydrogen-bond acceptors (Lipinski definition) is 5. The maximum atomic E-state index is 6.25. The van der Waals surface area contributed by atoms with E-state index in [9.17, 15) is 0 Å². The molecule has 0 saturated carbocycles. The van der Waals surface area contributed by atoms with Gasteiger partial charge in [0.2, 0.25) is 0 Å². The van der Waals surface area contributed by atoms with Crippen LogP contribution in [0.4, 0.5) is 5.69 Å². The molecule has 0 fully saturated rings. The minimum absolute atomic E-state index is 0.0804. The fourth-order valence-corrected chi connectivity index (χ4v) is 2.45. The number of nitrogens with zero attached hydrogens (tertiary/aromatic N) is 4. The predicted octanol–water partition coefficient (Wildman–Crippen LogP) is 3.72. The van der Waals surface area contributed by atoms with E-state index in [0.717, 1.165) is 11.4 Å². The fraction of sp³-hybridized carbons (Fsp3) is 0.235. The summed E-state index contributed by atoms with van der Waals surface area (Å²) < 4.78 is 7.33. The number of aromatic nitrogens is 4. The van der Waals surface area contributed by atoms with Gasteiger partial charge in [-0.05, 0) is 54.6 Å². The number of tetrazole rings is 1. The quantitative estimate of drug-likeness (QED) is 0.739. The standard InChI is InChI=1S/C17H18ClN5O/c1-12(2)24-16-9-8-13(10-15(16)18)19-11-17-20-21-22-23(17)14-6-4-3-5-7-14/h3-10,12,19H,11H2,1-2H3. The van der Waals surface area contributed by atoms with Gasteiger partial charge in [-0.3, -0.25) is 0 Å². The molecule has 2 aromatic carbocycles. The first kappa shape index (κ1) is 16.3. The average Bonchev–Trinajstić information content (AvgIpc) is 3.04. The van der Waals surface area contributed by atoms with Crippen molar-refractivity contribution >= 4 is 17.3 Å². The van der Waals surface area contributed by atoms with Crippen LogP contribution in [-0.4, -0.2) is 26.3 Å². The van der Waals surface area contributed by atoms with E-state index in [1.807, 2.05) is 62.4 Å². The van der Waals surface area contributed by atoms with Gasteiger partial charge in [-0.25, -0.2) is 0 Å². The maximum Gasteiger partial charge on any atom is 0.175 e. The summed E-state index contributed by atoms with van der Waals surface area (Å²) in [6.07, 6.45) is 0.0804. The lowest BCUT2D eigenvalue weighted by atomic mass is 10.3. The second-order valence-corrected chi connectivity index (χ2v) is 5.92. The number of rotatable bonds is 6. The van der Waals surface area contributed by atoms with Gasteiger partial charge in [-0.15, -0.1) is 5.10 Å². The minimum Gasteiger partial charge on any atom is -0.489 e. The largest absolute Gasteiger partial charge is 0.489 e. The Balaban J connectivity index is 1.71. The zero-order valence-electron chi connectivity index (χ0n) is 13.5. The summed E-state index contributed by atoms with van der Waals surface area (Å²) in [4.78, 5) is 0. The zero-order valence-corrected chi connectivity index (χ0v) is 14.2. The van der Waals surface area contributed by atoms with E-state index in [0.29, 0.717) is 23.1 Å². The second-order valence-electron chi connectivity index (χ2n) is 5.51. The highest BCUT2D eigenvalue weighted by Gasteiger charge is 2.09. The Morgan fingerprint density at radius 2 is 1.96 bits per heavy atom. The van der Waals surface area contributed by atoms with Crippen molar-refractivity contribution < 1.29 is 4.74 Å². The molecule has 0 atom stereocenters. The summed E-state index contributed by atoms with van der Waals surface area (Å²) in [5.74, 6) is 1.38. The van der Waals surface area contributed by atoms with Crippen LogP contribution in [-0.2, 0) is 6.54 Å². The number of hydrogen-bond donors (Lipinski definition) is 1. The van der Waals surface area contributed by atoms with E-state index in [-0.39, 0.29) is 6.10 Å². The molecule has 6 nitrogen and oxygen atoms in total. The average molecular weight is 344 g/mol. The van der Waals surface area contributed by atoms with Crippen molar-refractivity contribution in [3.63, 3.8) is 0 Å². The predicted molar refractivity (Wildman–Crippen MR) is 93.7 cm³/mol. The number of halogens is 1. The normalized spacial score (nSPS) is 10.8. The van der Waals surface area contributed by atoms with E-state index in [2.05, 4.69) is 20.8 Å². The third-order valence-corrected chi connectivity index (χ3v) is 3.58. The number of anilines is 1. The molecule has 1 heterocycles. The van der Waals surface area contributed by atoms with Gasteiger partial charge in [0, 0.05) is 5.69 Å². The first-order valence-corrected chi connectivity index (χ1v) is 8.04. The lowest BCUT2D eigenvalue weighted by molar-refractivity contribution is 0.242. The molecule has 0 radical (unpaired) electrons. The first-order valence-electron chi connectivity index (χ1n) is 7.66. The number of para-hydroxylation sites is 1. The SMILES string of the molecule is CC(C)Oc1ccc(NCc2nnnn2-c2ccccc2)cc1Cl. The van der Waals surface area contributed by atoms with Crippen LogP contribution in [0.1, 0.15) is 19.7 Å². The van der Waals surface area contributed by atoms with Crippen molar-refractivity contribution in [1.82, 2.24) is 20.2 Å². The van der Waals surface area contributed by atoms with Gasteiger partial charge in [0.05, 0.1) is 23.4 Å². The lowest BCUT2D eigenvalue weighted by Gasteiger charge is -2.13. The topological polar surface area (TPSA) is 64.9 Å². The minimum atomic E-state index is 0.0804. The van der Waals surface area contributed by atoms with E-state index in [1.165, 1.54) is 0 Å². The summed E-state index contributed by atoms with van der Waals surface area (Å²) in [7, 11) is 0. The Labute approximate surface area is 145 Å². The van der Waals surface area contributed by atoms with Crippen molar-refractivity contribution in [3.05, 3.63) is 59.4 Å². The molecule has 0 saturated heterocycles. The Kier molecular flexibility index (Phi) is 4.96. The third-order valence-electron chi connectivity index (χ3n) is 3.28. The molecular weight excluding hydrogens is 326 g/mol. The molecule has 0 aliphatic heterocycles. The number of ether oxygens (including phenoxy) is 1. The van der Waals surface area contributed by atoms with Gasteiger partial charge < -0.3 is 10.1 Å². The summed E-state index contributed by atoms with van der Waals surface area (Å²) in [6, 6.07) is 15.3. The molecule has 0 spiro atoms. The molecule has 1 aromatic heterocycles. The lowest BCUT2D eigenvalue weighted by Crippen LogP contribution is -2.09. The van der Waals surface area contributed by atoms with Gasteiger partial charge in [0.15, 0.2) is 5.82 Å². The molecule has 124 valence electrons. The molecule has 3 aromatic rings. The second kappa shape index (κ2) is 7.31. The Morgan fingerprint density at radius 1 is 1.17 bits per heavy atom. The van der Waals surface area contributed by atoms with E-state index in [4.69, 9.17) is 16.3 Å².